The van der Waals surface area contributed by atoms with Crippen LogP contribution in [0.15, 0.2) is 30.3 Å². The Balaban J connectivity index is 2.39. The summed E-state index contributed by atoms with van der Waals surface area (Å²) in [6.45, 7) is 9.87. The SMILES string of the molecule is C[C@@H]1OC(=O)[C@@H](N(C(=O)OC(C)(C)C)C(=O)OC(C)(C)C)COC[C@H](Cc2ccccc2)[C@H]1OCC(F)F. The number of imide groups is 1. The molecule has 0 aliphatic carbocycles. The van der Waals surface area contributed by atoms with Crippen molar-refractivity contribution in [3.05, 3.63) is 35.9 Å². The van der Waals surface area contributed by atoms with Gasteiger partial charge in [0.05, 0.1) is 19.3 Å². The monoisotopic (exact) mass is 543 g/mol. The first kappa shape index (κ1) is 31.4. The zero-order chi connectivity index (χ0) is 28.7. The number of hydrogen-bond donors (Lipinski definition) is 0. The van der Waals surface area contributed by atoms with Gasteiger partial charge in [0.25, 0.3) is 6.43 Å². The fraction of sp³-hybridized carbons (Fsp3) is 0.667. The fourth-order valence-corrected chi connectivity index (χ4v) is 3.88. The number of amides is 2. The highest BCUT2D eigenvalue weighted by Crippen LogP contribution is 2.25. The van der Waals surface area contributed by atoms with Gasteiger partial charge in [-0.3, -0.25) is 0 Å². The largest absolute Gasteiger partial charge is 0.458 e. The third-order valence-electron chi connectivity index (χ3n) is 5.36. The molecule has 0 saturated carbocycles. The van der Waals surface area contributed by atoms with Crippen molar-refractivity contribution in [2.24, 2.45) is 5.92 Å². The van der Waals surface area contributed by atoms with Gasteiger partial charge in [-0.2, -0.15) is 4.90 Å². The molecule has 38 heavy (non-hydrogen) atoms. The van der Waals surface area contributed by atoms with Gasteiger partial charge >= 0.3 is 18.2 Å². The van der Waals surface area contributed by atoms with E-state index in [2.05, 4.69) is 0 Å². The van der Waals surface area contributed by atoms with Crippen LogP contribution >= 0.6 is 0 Å². The smallest absolute Gasteiger partial charge is 0.420 e. The summed E-state index contributed by atoms with van der Waals surface area (Å²) < 4.78 is 53.8. The third-order valence-corrected chi connectivity index (χ3v) is 5.36. The van der Waals surface area contributed by atoms with Crippen LogP contribution in [0.1, 0.15) is 54.0 Å². The van der Waals surface area contributed by atoms with Gasteiger partial charge in [0.15, 0.2) is 6.04 Å². The van der Waals surface area contributed by atoms with Crippen LogP contribution in [0.3, 0.4) is 0 Å². The maximum Gasteiger partial charge on any atom is 0.420 e. The summed E-state index contributed by atoms with van der Waals surface area (Å²) in [5.74, 6) is -1.46. The molecule has 1 fully saturated rings. The molecule has 0 N–H and O–H groups in total. The minimum atomic E-state index is -2.73. The minimum absolute atomic E-state index is 0.0171. The Morgan fingerprint density at radius 2 is 1.55 bits per heavy atom. The molecule has 9 nitrogen and oxygen atoms in total. The van der Waals surface area contributed by atoms with Crippen LogP contribution in [0.2, 0.25) is 0 Å². The van der Waals surface area contributed by atoms with E-state index >= 15 is 0 Å². The lowest BCUT2D eigenvalue weighted by Gasteiger charge is -2.32. The number of esters is 1. The molecule has 2 rings (SSSR count). The normalized spacial score (nSPS) is 23.1. The Hall–Kier alpha value is -2.79. The van der Waals surface area contributed by atoms with E-state index in [4.69, 9.17) is 23.7 Å². The molecule has 1 aromatic carbocycles. The van der Waals surface area contributed by atoms with Gasteiger partial charge in [-0.1, -0.05) is 30.3 Å². The van der Waals surface area contributed by atoms with Gasteiger partial charge in [-0.05, 0) is 60.5 Å². The molecular formula is C27H39F2NO8. The summed E-state index contributed by atoms with van der Waals surface area (Å²) in [6, 6.07) is 7.75. The van der Waals surface area contributed by atoms with Gasteiger partial charge in [0.1, 0.15) is 23.9 Å². The molecule has 214 valence electrons. The van der Waals surface area contributed by atoms with Crippen LogP contribution in [0.25, 0.3) is 0 Å². The van der Waals surface area contributed by atoms with E-state index in [1.807, 2.05) is 30.3 Å². The van der Waals surface area contributed by atoms with E-state index < -0.39 is 73.2 Å². The molecule has 2 amide bonds. The van der Waals surface area contributed by atoms with Gasteiger partial charge in [0.2, 0.25) is 0 Å². The second-order valence-corrected chi connectivity index (χ2v) is 11.2. The lowest BCUT2D eigenvalue weighted by atomic mass is 9.91. The number of rotatable bonds is 6. The van der Waals surface area contributed by atoms with Gasteiger partial charge < -0.3 is 23.7 Å². The molecule has 4 atom stereocenters. The molecule has 0 bridgehead atoms. The molecule has 1 aliphatic heterocycles. The standard InChI is InChI=1S/C27H39F2NO8/c1-17-22(35-16-21(28)29)19(13-18-11-9-8-10-12-18)14-34-15-20(23(31)36-17)30(24(32)37-26(2,3)4)25(33)38-27(5,6)7/h8-12,17,19-22H,13-16H2,1-7H3/t17-,19-,20-,22-/m0/s1. The van der Waals surface area contributed by atoms with Crippen molar-refractivity contribution >= 4 is 18.2 Å². The summed E-state index contributed by atoms with van der Waals surface area (Å²) in [7, 11) is 0. The molecule has 0 aromatic heterocycles. The van der Waals surface area contributed by atoms with Crippen LogP contribution in [-0.2, 0) is 34.9 Å². The van der Waals surface area contributed by atoms with Crippen molar-refractivity contribution in [3.8, 4) is 0 Å². The lowest BCUT2D eigenvalue weighted by molar-refractivity contribution is -0.165. The van der Waals surface area contributed by atoms with E-state index in [9.17, 15) is 23.2 Å². The number of hydrogen-bond acceptors (Lipinski definition) is 8. The van der Waals surface area contributed by atoms with Crippen LogP contribution in [0.4, 0.5) is 18.4 Å². The summed E-state index contributed by atoms with van der Waals surface area (Å²) in [6.07, 6.45) is -6.51. The third kappa shape index (κ3) is 10.2. The second kappa shape index (κ2) is 13.3. The van der Waals surface area contributed by atoms with E-state index in [-0.39, 0.29) is 6.61 Å². The molecule has 1 saturated heterocycles. The Morgan fingerprint density at radius 1 is 1.00 bits per heavy atom. The van der Waals surface area contributed by atoms with E-state index in [0.29, 0.717) is 11.3 Å². The van der Waals surface area contributed by atoms with Crippen LogP contribution in [0.5, 0.6) is 0 Å². The summed E-state index contributed by atoms with van der Waals surface area (Å²) >= 11 is 0. The summed E-state index contributed by atoms with van der Waals surface area (Å²) in [4.78, 5) is 40.0. The van der Waals surface area contributed by atoms with Crippen molar-refractivity contribution in [2.75, 3.05) is 19.8 Å². The predicted molar refractivity (Wildman–Crippen MR) is 134 cm³/mol. The molecule has 0 spiro atoms. The Kier molecular flexibility index (Phi) is 11.0. The Bertz CT molecular complexity index is 901. The van der Waals surface area contributed by atoms with Crippen LogP contribution in [0, 0.1) is 5.92 Å². The molecule has 1 aromatic rings. The van der Waals surface area contributed by atoms with Crippen molar-refractivity contribution in [2.45, 2.75) is 90.8 Å². The first-order chi connectivity index (χ1) is 17.6. The van der Waals surface area contributed by atoms with E-state index in [1.54, 1.807) is 41.5 Å². The predicted octanol–water partition coefficient (Wildman–Crippen LogP) is 5.00. The van der Waals surface area contributed by atoms with Crippen molar-refractivity contribution < 1.29 is 46.8 Å². The number of carbonyl (C=O) groups excluding carboxylic acids is 3. The van der Waals surface area contributed by atoms with E-state index in [1.165, 1.54) is 6.92 Å². The highest BCUT2D eigenvalue weighted by molar-refractivity contribution is 5.94. The number of cyclic esters (lactones) is 1. The first-order valence-electron chi connectivity index (χ1n) is 12.5. The molecule has 1 heterocycles. The van der Waals surface area contributed by atoms with Gasteiger partial charge in [0, 0.05) is 5.92 Å². The minimum Gasteiger partial charge on any atom is -0.458 e. The number of carbonyl (C=O) groups is 3. The Morgan fingerprint density at radius 3 is 2.05 bits per heavy atom. The fourth-order valence-electron chi connectivity index (χ4n) is 3.88. The summed E-state index contributed by atoms with van der Waals surface area (Å²) in [5.41, 5.74) is -1.06. The number of benzene rings is 1. The zero-order valence-electron chi connectivity index (χ0n) is 23.1. The number of ether oxygens (including phenoxy) is 5. The molecular weight excluding hydrogens is 504 g/mol. The average molecular weight is 544 g/mol. The van der Waals surface area contributed by atoms with Gasteiger partial charge in [-0.25, -0.2) is 23.2 Å². The highest BCUT2D eigenvalue weighted by Gasteiger charge is 2.44. The maximum absolute atomic E-state index is 13.3. The quantitative estimate of drug-likeness (QED) is 0.365. The number of alkyl halides is 2. The second-order valence-electron chi connectivity index (χ2n) is 11.2. The van der Waals surface area contributed by atoms with Crippen LogP contribution < -0.4 is 0 Å². The molecule has 0 unspecified atom stereocenters. The van der Waals surface area contributed by atoms with Crippen molar-refractivity contribution in [1.29, 1.82) is 0 Å². The lowest BCUT2D eigenvalue weighted by Crippen LogP contribution is -2.54. The van der Waals surface area contributed by atoms with Gasteiger partial charge in [-0.15, -0.1) is 0 Å². The zero-order valence-corrected chi connectivity index (χ0v) is 23.1. The topological polar surface area (TPSA) is 101 Å². The number of halogens is 2. The average Bonchev–Trinajstić information content (AvgIpc) is 2.80. The highest BCUT2D eigenvalue weighted by atomic mass is 19.3. The maximum atomic E-state index is 13.3. The molecule has 1 aliphatic rings. The molecule has 0 radical (unpaired) electrons. The van der Waals surface area contributed by atoms with Crippen molar-refractivity contribution in [3.63, 3.8) is 0 Å². The van der Waals surface area contributed by atoms with E-state index in [0.717, 1.165) is 5.56 Å². The van der Waals surface area contributed by atoms with Crippen molar-refractivity contribution in [1.82, 2.24) is 4.90 Å². The summed E-state index contributed by atoms with van der Waals surface area (Å²) in [5, 5.41) is 0. The van der Waals surface area contributed by atoms with Crippen LogP contribution in [-0.4, -0.2) is 78.8 Å². The number of nitrogens with zero attached hydrogens (tertiary/aromatic N) is 1. The Labute approximate surface area is 222 Å². The first-order valence-corrected chi connectivity index (χ1v) is 12.5. The molecule has 11 heteroatoms.